The Labute approximate surface area is 145 Å². The van der Waals surface area contributed by atoms with Crippen LogP contribution in [0.1, 0.15) is 26.3 Å². The van der Waals surface area contributed by atoms with Crippen molar-refractivity contribution in [3.63, 3.8) is 0 Å². The molecule has 0 radical (unpaired) electrons. The second kappa shape index (κ2) is 10.1. The van der Waals surface area contributed by atoms with Crippen LogP contribution in [0.5, 0.6) is 0 Å². The molecule has 1 rings (SSSR count). The summed E-state index contributed by atoms with van der Waals surface area (Å²) < 4.78 is 44.9. The molecular formula is C17H28O6S. The van der Waals surface area contributed by atoms with Crippen LogP contribution in [0.3, 0.4) is 0 Å². The molecule has 0 unspecified atom stereocenters. The van der Waals surface area contributed by atoms with Gasteiger partial charge in [-0.1, -0.05) is 17.7 Å². The summed E-state index contributed by atoms with van der Waals surface area (Å²) in [6.45, 7) is 9.85. The molecule has 0 aliphatic rings. The fourth-order valence-corrected chi connectivity index (χ4v) is 2.60. The van der Waals surface area contributed by atoms with Crippen molar-refractivity contribution in [2.45, 2.75) is 38.2 Å². The van der Waals surface area contributed by atoms with Gasteiger partial charge in [0.15, 0.2) is 0 Å². The minimum atomic E-state index is -3.72. The zero-order valence-electron chi connectivity index (χ0n) is 14.9. The van der Waals surface area contributed by atoms with Gasteiger partial charge in [0.1, 0.15) is 0 Å². The molecule has 0 atom stereocenters. The van der Waals surface area contributed by atoms with Gasteiger partial charge in [-0.05, 0) is 39.8 Å². The van der Waals surface area contributed by atoms with Crippen molar-refractivity contribution in [3.8, 4) is 0 Å². The van der Waals surface area contributed by atoms with Gasteiger partial charge in [0.05, 0.1) is 50.1 Å². The Morgan fingerprint density at radius 1 is 0.833 bits per heavy atom. The number of hydrogen-bond donors (Lipinski definition) is 0. The second-order valence-corrected chi connectivity index (χ2v) is 7.89. The summed E-state index contributed by atoms with van der Waals surface area (Å²) in [6, 6.07) is 6.51. The minimum absolute atomic E-state index is 0.0245. The van der Waals surface area contributed by atoms with Crippen LogP contribution in [0.2, 0.25) is 0 Å². The van der Waals surface area contributed by atoms with Crippen LogP contribution in [0, 0.1) is 6.92 Å². The number of hydrogen-bond acceptors (Lipinski definition) is 6. The average molecular weight is 360 g/mol. The maximum absolute atomic E-state index is 11.9. The normalized spacial score (nSPS) is 12.5. The van der Waals surface area contributed by atoms with E-state index in [0.29, 0.717) is 26.4 Å². The van der Waals surface area contributed by atoms with E-state index in [4.69, 9.17) is 18.4 Å². The molecule has 0 bridgehead atoms. The Balaban J connectivity index is 2.07. The molecule has 0 spiro atoms. The summed E-state index contributed by atoms with van der Waals surface area (Å²) in [4.78, 5) is 0.148. The summed E-state index contributed by atoms with van der Waals surface area (Å²) in [7, 11) is -3.72. The fourth-order valence-electron chi connectivity index (χ4n) is 1.70. The van der Waals surface area contributed by atoms with Crippen molar-refractivity contribution in [1.82, 2.24) is 0 Å². The number of benzene rings is 1. The van der Waals surface area contributed by atoms with E-state index in [2.05, 4.69) is 0 Å². The molecule has 7 heteroatoms. The van der Waals surface area contributed by atoms with Crippen molar-refractivity contribution >= 4 is 10.1 Å². The van der Waals surface area contributed by atoms with Crippen LogP contribution in [-0.2, 0) is 28.5 Å². The van der Waals surface area contributed by atoms with Gasteiger partial charge in [0.2, 0.25) is 0 Å². The SMILES string of the molecule is Cc1ccc(S(=O)(=O)OCCOCCOCCOC(C)(C)C)cc1. The second-order valence-electron chi connectivity index (χ2n) is 6.27. The van der Waals surface area contributed by atoms with Crippen molar-refractivity contribution in [3.05, 3.63) is 29.8 Å². The summed E-state index contributed by atoms with van der Waals surface area (Å²) in [6.07, 6.45) is 0. The lowest BCUT2D eigenvalue weighted by Gasteiger charge is -2.19. The molecule has 0 heterocycles. The Hall–Kier alpha value is -0.990. The van der Waals surface area contributed by atoms with Crippen molar-refractivity contribution in [2.75, 3.05) is 39.6 Å². The monoisotopic (exact) mass is 360 g/mol. The summed E-state index contributed by atoms with van der Waals surface area (Å²) in [5.74, 6) is 0. The van der Waals surface area contributed by atoms with E-state index in [1.54, 1.807) is 12.1 Å². The Kier molecular flexibility index (Phi) is 8.86. The molecule has 1 aromatic carbocycles. The fraction of sp³-hybridized carbons (Fsp3) is 0.647. The van der Waals surface area contributed by atoms with Gasteiger partial charge in [-0.3, -0.25) is 4.18 Å². The first-order valence-corrected chi connectivity index (χ1v) is 9.37. The highest BCUT2D eigenvalue weighted by molar-refractivity contribution is 7.86. The lowest BCUT2D eigenvalue weighted by molar-refractivity contribution is -0.0433. The topological polar surface area (TPSA) is 71.1 Å². The molecule has 138 valence electrons. The first kappa shape index (κ1) is 21.1. The summed E-state index contributed by atoms with van der Waals surface area (Å²) in [5, 5.41) is 0. The molecule has 24 heavy (non-hydrogen) atoms. The summed E-state index contributed by atoms with van der Waals surface area (Å²) >= 11 is 0. The predicted molar refractivity (Wildman–Crippen MR) is 91.7 cm³/mol. The van der Waals surface area contributed by atoms with E-state index in [9.17, 15) is 8.42 Å². The van der Waals surface area contributed by atoms with E-state index >= 15 is 0 Å². The molecule has 0 saturated heterocycles. The standard InChI is InChI=1S/C17H28O6S/c1-15-5-7-16(8-6-15)24(18,19)23-14-12-21-10-9-20-11-13-22-17(2,3)4/h5-8H,9-14H2,1-4H3. The zero-order chi connectivity index (χ0) is 18.1. The first-order valence-electron chi connectivity index (χ1n) is 7.96. The lowest BCUT2D eigenvalue weighted by atomic mass is 10.2. The van der Waals surface area contributed by atoms with Crippen molar-refractivity contribution in [2.24, 2.45) is 0 Å². The van der Waals surface area contributed by atoms with Crippen LogP contribution in [0.15, 0.2) is 29.2 Å². The van der Waals surface area contributed by atoms with Gasteiger partial charge in [-0.15, -0.1) is 0 Å². The third kappa shape index (κ3) is 9.34. The zero-order valence-corrected chi connectivity index (χ0v) is 15.7. The van der Waals surface area contributed by atoms with Gasteiger partial charge in [0, 0.05) is 0 Å². The molecule has 0 aliphatic carbocycles. The number of aryl methyl sites for hydroxylation is 1. The largest absolute Gasteiger partial charge is 0.377 e. The van der Waals surface area contributed by atoms with Gasteiger partial charge >= 0.3 is 0 Å². The molecule has 1 aromatic rings. The molecule has 0 fully saturated rings. The summed E-state index contributed by atoms with van der Waals surface area (Å²) in [5.41, 5.74) is 0.824. The van der Waals surface area contributed by atoms with Crippen LogP contribution in [0.25, 0.3) is 0 Å². The number of rotatable bonds is 11. The highest BCUT2D eigenvalue weighted by Crippen LogP contribution is 2.12. The highest BCUT2D eigenvalue weighted by atomic mass is 32.2. The first-order chi connectivity index (χ1) is 11.2. The quantitative estimate of drug-likeness (QED) is 0.446. The van der Waals surface area contributed by atoms with Crippen LogP contribution in [0.4, 0.5) is 0 Å². The third-order valence-corrected chi connectivity index (χ3v) is 4.24. The van der Waals surface area contributed by atoms with E-state index in [0.717, 1.165) is 5.56 Å². The maximum atomic E-state index is 11.9. The van der Waals surface area contributed by atoms with E-state index in [-0.39, 0.29) is 23.7 Å². The Morgan fingerprint density at radius 3 is 1.88 bits per heavy atom. The molecule has 0 N–H and O–H groups in total. The molecule has 6 nitrogen and oxygen atoms in total. The number of ether oxygens (including phenoxy) is 3. The third-order valence-electron chi connectivity index (χ3n) is 2.91. The van der Waals surface area contributed by atoms with Crippen LogP contribution >= 0.6 is 0 Å². The molecule has 0 amide bonds. The molecular weight excluding hydrogens is 332 g/mol. The average Bonchev–Trinajstić information content (AvgIpc) is 2.48. The van der Waals surface area contributed by atoms with Crippen molar-refractivity contribution < 1.29 is 26.8 Å². The van der Waals surface area contributed by atoms with Crippen LogP contribution < -0.4 is 0 Å². The maximum Gasteiger partial charge on any atom is 0.297 e. The predicted octanol–water partition coefficient (Wildman–Crippen LogP) is 2.55. The molecule has 0 aliphatic heterocycles. The smallest absolute Gasteiger partial charge is 0.297 e. The van der Waals surface area contributed by atoms with Gasteiger partial charge < -0.3 is 14.2 Å². The van der Waals surface area contributed by atoms with E-state index < -0.39 is 10.1 Å². The Morgan fingerprint density at radius 2 is 1.33 bits per heavy atom. The van der Waals surface area contributed by atoms with Gasteiger partial charge in [-0.25, -0.2) is 0 Å². The van der Waals surface area contributed by atoms with Gasteiger partial charge in [-0.2, -0.15) is 8.42 Å². The van der Waals surface area contributed by atoms with Crippen LogP contribution in [-0.4, -0.2) is 53.7 Å². The minimum Gasteiger partial charge on any atom is -0.377 e. The lowest BCUT2D eigenvalue weighted by Crippen LogP contribution is -2.22. The molecule has 0 aromatic heterocycles. The van der Waals surface area contributed by atoms with Crippen molar-refractivity contribution in [1.29, 1.82) is 0 Å². The molecule has 0 saturated carbocycles. The highest BCUT2D eigenvalue weighted by Gasteiger charge is 2.14. The van der Waals surface area contributed by atoms with Gasteiger partial charge in [0.25, 0.3) is 10.1 Å². The van der Waals surface area contributed by atoms with E-state index in [1.165, 1.54) is 12.1 Å². The Bertz CT molecular complexity index is 560. The van der Waals surface area contributed by atoms with E-state index in [1.807, 2.05) is 27.7 Å².